The second-order valence-corrected chi connectivity index (χ2v) is 6.19. The topological polar surface area (TPSA) is 85.8 Å². The van der Waals surface area contributed by atoms with Crippen LogP contribution >= 0.6 is 11.6 Å². The van der Waals surface area contributed by atoms with E-state index >= 15 is 0 Å². The van der Waals surface area contributed by atoms with Gasteiger partial charge in [0.25, 0.3) is 0 Å². The van der Waals surface area contributed by atoms with Crippen molar-refractivity contribution in [2.45, 2.75) is 33.2 Å². The van der Waals surface area contributed by atoms with Crippen molar-refractivity contribution in [3.63, 3.8) is 0 Å². The maximum atomic E-state index is 12.1. The summed E-state index contributed by atoms with van der Waals surface area (Å²) < 4.78 is 6.79. The SMILES string of the molecule is CC[C@@H](C)NC(=O)c1nc(-c2cn(-c3ccc(Cl)cc3)nc2C)no1. The molecule has 0 bridgehead atoms. The number of hydrogen-bond acceptors (Lipinski definition) is 5. The zero-order valence-corrected chi connectivity index (χ0v) is 14.9. The molecule has 0 fully saturated rings. The summed E-state index contributed by atoms with van der Waals surface area (Å²) in [6, 6.07) is 7.34. The first kappa shape index (κ1) is 17.2. The molecule has 2 heterocycles. The Morgan fingerprint density at radius 2 is 2.08 bits per heavy atom. The Hall–Kier alpha value is -2.67. The molecule has 1 amide bonds. The zero-order valence-electron chi connectivity index (χ0n) is 14.2. The van der Waals surface area contributed by atoms with Gasteiger partial charge in [0.15, 0.2) is 0 Å². The van der Waals surface area contributed by atoms with Gasteiger partial charge in [0, 0.05) is 17.3 Å². The van der Waals surface area contributed by atoms with Crippen LogP contribution in [0, 0.1) is 6.92 Å². The van der Waals surface area contributed by atoms with Crippen LogP contribution in [0.4, 0.5) is 0 Å². The van der Waals surface area contributed by atoms with Gasteiger partial charge < -0.3 is 9.84 Å². The lowest BCUT2D eigenvalue weighted by atomic mass is 10.2. The van der Waals surface area contributed by atoms with Gasteiger partial charge in [-0.05, 0) is 44.5 Å². The molecule has 0 saturated heterocycles. The number of nitrogens with one attached hydrogen (secondary N) is 1. The minimum Gasteiger partial charge on any atom is -0.345 e. The van der Waals surface area contributed by atoms with Crippen molar-refractivity contribution < 1.29 is 9.32 Å². The first-order chi connectivity index (χ1) is 12.0. The monoisotopic (exact) mass is 359 g/mol. The van der Waals surface area contributed by atoms with E-state index in [1.807, 2.05) is 32.9 Å². The lowest BCUT2D eigenvalue weighted by molar-refractivity contribution is 0.0895. The van der Waals surface area contributed by atoms with E-state index in [4.69, 9.17) is 16.1 Å². The van der Waals surface area contributed by atoms with Crippen molar-refractivity contribution in [1.29, 1.82) is 0 Å². The van der Waals surface area contributed by atoms with Crippen LogP contribution < -0.4 is 5.32 Å². The van der Waals surface area contributed by atoms with E-state index in [-0.39, 0.29) is 17.8 Å². The van der Waals surface area contributed by atoms with Gasteiger partial charge >= 0.3 is 11.8 Å². The van der Waals surface area contributed by atoms with Crippen LogP contribution in [-0.4, -0.2) is 31.9 Å². The normalized spacial score (nSPS) is 12.2. The Bertz CT molecular complexity index is 885. The van der Waals surface area contributed by atoms with Gasteiger partial charge in [-0.1, -0.05) is 23.7 Å². The average Bonchev–Trinajstić information content (AvgIpc) is 3.22. The maximum absolute atomic E-state index is 12.1. The molecule has 0 radical (unpaired) electrons. The van der Waals surface area contributed by atoms with Crippen LogP contribution in [0.1, 0.15) is 36.6 Å². The standard InChI is InChI=1S/C17H18ClN5O2/c1-4-10(2)19-16(24)17-20-15(22-25-17)14-9-23(21-11(14)3)13-7-5-12(18)6-8-13/h5-10H,4H2,1-3H3,(H,19,24)/t10-/m1/s1. The fraction of sp³-hybridized carbons (Fsp3) is 0.294. The predicted molar refractivity (Wildman–Crippen MR) is 93.8 cm³/mol. The largest absolute Gasteiger partial charge is 0.345 e. The van der Waals surface area contributed by atoms with Gasteiger partial charge in [-0.2, -0.15) is 10.1 Å². The summed E-state index contributed by atoms with van der Waals surface area (Å²) in [4.78, 5) is 16.2. The smallest absolute Gasteiger partial charge is 0.316 e. The van der Waals surface area contributed by atoms with Crippen molar-refractivity contribution in [3.8, 4) is 17.1 Å². The predicted octanol–water partition coefficient (Wildman–Crippen LogP) is 3.41. The molecule has 0 spiro atoms. The molecule has 0 aliphatic heterocycles. The third kappa shape index (κ3) is 3.71. The van der Waals surface area contributed by atoms with Crippen molar-refractivity contribution >= 4 is 17.5 Å². The van der Waals surface area contributed by atoms with Crippen LogP contribution in [0.2, 0.25) is 5.02 Å². The summed E-state index contributed by atoms with van der Waals surface area (Å²) in [6.07, 6.45) is 2.61. The van der Waals surface area contributed by atoms with Gasteiger partial charge in [-0.3, -0.25) is 4.79 Å². The lowest BCUT2D eigenvalue weighted by Gasteiger charge is -2.07. The number of rotatable bonds is 5. The summed E-state index contributed by atoms with van der Waals surface area (Å²) in [7, 11) is 0. The molecule has 1 aromatic carbocycles. The summed E-state index contributed by atoms with van der Waals surface area (Å²) in [5, 5.41) is 11.8. The third-order valence-electron chi connectivity index (χ3n) is 3.84. The zero-order chi connectivity index (χ0) is 18.0. The number of benzene rings is 1. The molecule has 25 heavy (non-hydrogen) atoms. The van der Waals surface area contributed by atoms with Crippen molar-refractivity contribution in [3.05, 3.63) is 47.1 Å². The van der Waals surface area contributed by atoms with Crippen LogP contribution in [0.3, 0.4) is 0 Å². The van der Waals surface area contributed by atoms with Crippen LogP contribution in [0.15, 0.2) is 35.0 Å². The van der Waals surface area contributed by atoms with E-state index in [0.717, 1.165) is 17.8 Å². The number of carbonyl (C=O) groups excluding carboxylic acids is 1. The maximum Gasteiger partial charge on any atom is 0.316 e. The first-order valence-corrected chi connectivity index (χ1v) is 8.33. The summed E-state index contributed by atoms with van der Waals surface area (Å²) >= 11 is 5.91. The summed E-state index contributed by atoms with van der Waals surface area (Å²) in [5.74, 6) is -0.114. The highest BCUT2D eigenvalue weighted by molar-refractivity contribution is 6.30. The highest BCUT2D eigenvalue weighted by Crippen LogP contribution is 2.22. The highest BCUT2D eigenvalue weighted by atomic mass is 35.5. The molecule has 2 aromatic heterocycles. The Balaban J connectivity index is 1.85. The van der Waals surface area contributed by atoms with Gasteiger partial charge in [0.1, 0.15) is 0 Å². The van der Waals surface area contributed by atoms with E-state index in [1.165, 1.54) is 0 Å². The lowest BCUT2D eigenvalue weighted by Crippen LogP contribution is -2.32. The van der Waals surface area contributed by atoms with E-state index in [1.54, 1.807) is 23.0 Å². The number of nitrogens with zero attached hydrogens (tertiary/aromatic N) is 4. The number of carbonyl (C=O) groups is 1. The quantitative estimate of drug-likeness (QED) is 0.754. The molecule has 3 rings (SSSR count). The van der Waals surface area contributed by atoms with Gasteiger partial charge in [-0.15, -0.1) is 0 Å². The molecule has 0 aliphatic carbocycles. The first-order valence-electron chi connectivity index (χ1n) is 7.95. The molecule has 0 unspecified atom stereocenters. The van der Waals surface area contributed by atoms with Gasteiger partial charge in [0.2, 0.25) is 5.82 Å². The summed E-state index contributed by atoms with van der Waals surface area (Å²) in [6.45, 7) is 5.74. The minimum absolute atomic E-state index is 0.0391. The molecule has 0 saturated carbocycles. The molecular formula is C17H18ClN5O2. The number of amides is 1. The number of halogens is 1. The third-order valence-corrected chi connectivity index (χ3v) is 4.09. The van der Waals surface area contributed by atoms with E-state index in [9.17, 15) is 4.79 Å². The van der Waals surface area contributed by atoms with Gasteiger partial charge in [0.05, 0.1) is 16.9 Å². The number of aryl methyl sites for hydroxylation is 1. The number of hydrogen-bond donors (Lipinski definition) is 1. The van der Waals surface area contributed by atoms with E-state index in [0.29, 0.717) is 16.4 Å². The van der Waals surface area contributed by atoms with Crippen molar-refractivity contribution in [1.82, 2.24) is 25.2 Å². The van der Waals surface area contributed by atoms with Gasteiger partial charge in [-0.25, -0.2) is 4.68 Å². The Labute approximate surface area is 150 Å². The fourth-order valence-electron chi connectivity index (χ4n) is 2.22. The molecule has 130 valence electrons. The molecule has 8 heteroatoms. The Morgan fingerprint density at radius 1 is 1.36 bits per heavy atom. The average molecular weight is 360 g/mol. The molecule has 0 aliphatic rings. The minimum atomic E-state index is -0.379. The Kier molecular flexibility index (Phi) is 4.85. The molecular weight excluding hydrogens is 342 g/mol. The Morgan fingerprint density at radius 3 is 2.76 bits per heavy atom. The van der Waals surface area contributed by atoms with Crippen LogP contribution in [-0.2, 0) is 0 Å². The van der Waals surface area contributed by atoms with Crippen LogP contribution in [0.25, 0.3) is 17.1 Å². The molecule has 1 atom stereocenters. The summed E-state index contributed by atoms with van der Waals surface area (Å²) in [5.41, 5.74) is 2.28. The van der Waals surface area contributed by atoms with E-state index in [2.05, 4.69) is 20.6 Å². The van der Waals surface area contributed by atoms with Crippen LogP contribution in [0.5, 0.6) is 0 Å². The molecule has 7 nitrogen and oxygen atoms in total. The number of aromatic nitrogens is 4. The van der Waals surface area contributed by atoms with Crippen molar-refractivity contribution in [2.24, 2.45) is 0 Å². The molecule has 3 aromatic rings. The van der Waals surface area contributed by atoms with Crippen molar-refractivity contribution in [2.75, 3.05) is 0 Å². The fourth-order valence-corrected chi connectivity index (χ4v) is 2.34. The second-order valence-electron chi connectivity index (χ2n) is 5.76. The highest BCUT2D eigenvalue weighted by Gasteiger charge is 2.20. The second kappa shape index (κ2) is 7.06. The molecule has 1 N–H and O–H groups in total. The van der Waals surface area contributed by atoms with E-state index < -0.39 is 0 Å².